The third-order valence-corrected chi connectivity index (χ3v) is 11.6. The molecule has 60 heavy (non-hydrogen) atoms. The van der Waals surface area contributed by atoms with Crippen LogP contribution in [0.5, 0.6) is 0 Å². The molecule has 11 rings (SSSR count). The van der Waals surface area contributed by atoms with Crippen LogP contribution in [0.2, 0.25) is 0 Å². The number of benzene rings is 7. The normalized spacial score (nSPS) is 15.4. The van der Waals surface area contributed by atoms with E-state index in [4.69, 9.17) is 19.9 Å². The molecule has 0 radical (unpaired) electrons. The molecular weight excluding hydrogens is 735 g/mol. The Kier molecular flexibility index (Phi) is 8.79. The highest BCUT2D eigenvalue weighted by molar-refractivity contribution is 6.23. The fourth-order valence-electron chi connectivity index (χ4n) is 8.62. The monoisotopic (exact) mass is 773 g/mol. The minimum absolute atomic E-state index is 0.103. The third-order valence-electron chi connectivity index (χ3n) is 11.6. The molecule has 286 valence electrons. The highest BCUT2D eigenvalue weighted by atomic mass is 15.4. The molecule has 3 aromatic heterocycles. The summed E-state index contributed by atoms with van der Waals surface area (Å²) >= 11 is 0. The van der Waals surface area contributed by atoms with Gasteiger partial charge in [-0.2, -0.15) is 0 Å². The van der Waals surface area contributed by atoms with Crippen molar-refractivity contribution in [3.8, 4) is 39.5 Å². The fourth-order valence-corrected chi connectivity index (χ4v) is 8.62. The first kappa shape index (κ1) is 35.4. The van der Waals surface area contributed by atoms with Crippen LogP contribution >= 0.6 is 0 Å². The van der Waals surface area contributed by atoms with Gasteiger partial charge < -0.3 is 4.90 Å². The summed E-state index contributed by atoms with van der Waals surface area (Å²) < 4.78 is 2.25. The molecule has 2 atom stereocenters. The number of amidine groups is 1. The molecule has 4 heterocycles. The number of fused-ring (bicyclic) bond motifs is 6. The van der Waals surface area contributed by atoms with Gasteiger partial charge in [0, 0.05) is 46.9 Å². The van der Waals surface area contributed by atoms with Gasteiger partial charge in [0.25, 0.3) is 0 Å². The number of rotatable bonds is 7. The van der Waals surface area contributed by atoms with Crippen LogP contribution in [0.15, 0.2) is 205 Å². The molecule has 1 N–H and O–H groups in total. The molecule has 0 saturated carbocycles. The van der Waals surface area contributed by atoms with Crippen molar-refractivity contribution in [2.24, 2.45) is 4.99 Å². The smallest absolute Gasteiger partial charge is 0.164 e. The standard InChI is InChI=1S/C53H39N7/c1-59-51(40-25-21-36(22-26-40)35-13-4-2-5-14-35)57-50(39-15-6-3-7-16-39)58-52(59)41-27-23-37(24-28-41)38-29-31-42(32-30-38)60-49-44-18-9-8-17-43(44)47-45(19-12-34-55-47)48(49)56-53(60)46-20-10-11-33-54-46/h2-34,50,52,58H,1H3. The van der Waals surface area contributed by atoms with E-state index in [0.717, 1.165) is 83.6 Å². The van der Waals surface area contributed by atoms with Gasteiger partial charge in [-0.05, 0) is 69.8 Å². The molecule has 7 heteroatoms. The second-order valence-corrected chi connectivity index (χ2v) is 15.2. The molecule has 7 aromatic carbocycles. The lowest BCUT2D eigenvalue weighted by molar-refractivity contribution is 0.257. The molecule has 0 amide bonds. The Morgan fingerprint density at radius 1 is 0.467 bits per heavy atom. The molecule has 0 fully saturated rings. The van der Waals surface area contributed by atoms with E-state index < -0.39 is 0 Å². The molecule has 0 bridgehead atoms. The number of nitrogens with zero attached hydrogens (tertiary/aromatic N) is 6. The predicted molar refractivity (Wildman–Crippen MR) is 244 cm³/mol. The number of pyridine rings is 2. The van der Waals surface area contributed by atoms with Crippen molar-refractivity contribution >= 4 is 38.5 Å². The summed E-state index contributed by atoms with van der Waals surface area (Å²) in [4.78, 5) is 22.4. The van der Waals surface area contributed by atoms with Crippen LogP contribution < -0.4 is 5.32 Å². The van der Waals surface area contributed by atoms with E-state index in [-0.39, 0.29) is 12.3 Å². The molecule has 7 nitrogen and oxygen atoms in total. The van der Waals surface area contributed by atoms with Crippen molar-refractivity contribution in [2.75, 3.05) is 7.05 Å². The van der Waals surface area contributed by atoms with Crippen molar-refractivity contribution in [3.05, 3.63) is 217 Å². The number of hydrogen-bond donors (Lipinski definition) is 1. The summed E-state index contributed by atoms with van der Waals surface area (Å²) in [6.07, 6.45) is 3.37. The van der Waals surface area contributed by atoms with Gasteiger partial charge in [0.15, 0.2) is 5.82 Å². The number of aromatic nitrogens is 4. The predicted octanol–water partition coefficient (Wildman–Crippen LogP) is 11.8. The van der Waals surface area contributed by atoms with Crippen LogP contribution in [-0.2, 0) is 0 Å². The zero-order valence-electron chi connectivity index (χ0n) is 32.9. The molecular formula is C53H39N7. The van der Waals surface area contributed by atoms with Crippen LogP contribution in [0, 0.1) is 0 Å². The van der Waals surface area contributed by atoms with Gasteiger partial charge in [-0.25, -0.2) is 9.98 Å². The van der Waals surface area contributed by atoms with Gasteiger partial charge in [-0.1, -0.05) is 152 Å². The topological polar surface area (TPSA) is 71.2 Å². The van der Waals surface area contributed by atoms with E-state index in [1.807, 2.05) is 48.8 Å². The van der Waals surface area contributed by atoms with Crippen molar-refractivity contribution in [2.45, 2.75) is 12.3 Å². The highest BCUT2D eigenvalue weighted by Crippen LogP contribution is 2.39. The maximum absolute atomic E-state index is 5.29. The maximum atomic E-state index is 5.29. The zero-order valence-corrected chi connectivity index (χ0v) is 32.9. The van der Waals surface area contributed by atoms with Gasteiger partial charge in [0.2, 0.25) is 0 Å². The lowest BCUT2D eigenvalue weighted by atomic mass is 10.00. The first-order chi connectivity index (χ1) is 29.7. The lowest BCUT2D eigenvalue weighted by Gasteiger charge is -2.39. The quantitative estimate of drug-likeness (QED) is 0.163. The Labute approximate surface area is 348 Å². The van der Waals surface area contributed by atoms with Crippen molar-refractivity contribution in [1.29, 1.82) is 0 Å². The molecule has 0 spiro atoms. The van der Waals surface area contributed by atoms with Crippen molar-refractivity contribution < 1.29 is 0 Å². The van der Waals surface area contributed by atoms with E-state index in [2.05, 4.69) is 173 Å². The van der Waals surface area contributed by atoms with Gasteiger partial charge in [0.05, 0.1) is 16.6 Å². The lowest BCUT2D eigenvalue weighted by Crippen LogP contribution is -2.46. The van der Waals surface area contributed by atoms with Crippen LogP contribution in [0.1, 0.15) is 29.0 Å². The minimum Gasteiger partial charge on any atom is -0.340 e. The largest absolute Gasteiger partial charge is 0.340 e. The van der Waals surface area contributed by atoms with Crippen LogP contribution in [-0.4, -0.2) is 37.3 Å². The number of aliphatic imine (C=N–C) groups is 1. The summed E-state index contributed by atoms with van der Waals surface area (Å²) in [5.74, 6) is 1.73. The molecule has 1 aliphatic rings. The molecule has 10 aromatic rings. The average Bonchev–Trinajstić information content (AvgIpc) is 3.74. The summed E-state index contributed by atoms with van der Waals surface area (Å²) in [6, 6.07) is 65.9. The molecule has 0 aliphatic carbocycles. The summed E-state index contributed by atoms with van der Waals surface area (Å²) in [5, 5.41) is 7.05. The number of nitrogens with one attached hydrogen (secondary N) is 1. The number of hydrogen-bond acceptors (Lipinski definition) is 6. The zero-order chi connectivity index (χ0) is 40.0. The Balaban J connectivity index is 0.940. The van der Waals surface area contributed by atoms with Crippen LogP contribution in [0.3, 0.4) is 0 Å². The second-order valence-electron chi connectivity index (χ2n) is 15.2. The SMILES string of the molecule is CN1C(c2ccc(-c3ccccc3)cc2)=NC(c2ccccc2)NC1c1ccc(-c2ccc(-n3c(-c4ccccn4)nc4c5cccnc5c5ccccc5c43)cc2)cc1. The van der Waals surface area contributed by atoms with Gasteiger partial charge in [-0.15, -0.1) is 0 Å². The van der Waals surface area contributed by atoms with Crippen molar-refractivity contribution in [1.82, 2.24) is 29.7 Å². The maximum Gasteiger partial charge on any atom is 0.164 e. The summed E-state index contributed by atoms with van der Waals surface area (Å²) in [7, 11) is 2.12. The third kappa shape index (κ3) is 6.20. The fraction of sp³-hybridized carbons (Fsp3) is 0.0566. The Morgan fingerprint density at radius 2 is 1.05 bits per heavy atom. The van der Waals surface area contributed by atoms with Crippen LogP contribution in [0.25, 0.3) is 72.2 Å². The second kappa shape index (κ2) is 14.9. The van der Waals surface area contributed by atoms with Gasteiger partial charge in [0.1, 0.15) is 23.9 Å². The van der Waals surface area contributed by atoms with Crippen molar-refractivity contribution in [3.63, 3.8) is 0 Å². The van der Waals surface area contributed by atoms with Gasteiger partial charge in [-0.3, -0.25) is 19.9 Å². The Bertz CT molecular complexity index is 3160. The summed E-state index contributed by atoms with van der Waals surface area (Å²) in [5.41, 5.74) is 12.7. The summed E-state index contributed by atoms with van der Waals surface area (Å²) in [6.45, 7) is 0. The number of imidazole rings is 1. The minimum atomic E-state index is -0.204. The van der Waals surface area contributed by atoms with E-state index in [9.17, 15) is 0 Å². The molecule has 2 unspecified atom stereocenters. The average molecular weight is 774 g/mol. The van der Waals surface area contributed by atoms with E-state index in [0.29, 0.717) is 0 Å². The first-order valence-electron chi connectivity index (χ1n) is 20.3. The molecule has 1 aliphatic heterocycles. The van der Waals surface area contributed by atoms with Gasteiger partial charge >= 0.3 is 0 Å². The Hall–Kier alpha value is -7.74. The Morgan fingerprint density at radius 3 is 1.77 bits per heavy atom. The van der Waals surface area contributed by atoms with E-state index in [1.54, 1.807) is 0 Å². The van der Waals surface area contributed by atoms with Crippen LogP contribution in [0.4, 0.5) is 0 Å². The first-order valence-corrected chi connectivity index (χ1v) is 20.3. The highest BCUT2D eigenvalue weighted by Gasteiger charge is 2.30. The molecule has 0 saturated heterocycles. The van der Waals surface area contributed by atoms with E-state index in [1.165, 1.54) is 11.1 Å². The van der Waals surface area contributed by atoms with E-state index >= 15 is 0 Å².